The van der Waals surface area contributed by atoms with Crippen LogP contribution in [0.1, 0.15) is 40.4 Å². The van der Waals surface area contributed by atoms with Crippen molar-refractivity contribution in [2.24, 2.45) is 7.05 Å². The number of ketones is 1. The lowest BCUT2D eigenvalue weighted by Crippen LogP contribution is -2.55. The molecule has 0 saturated heterocycles. The Morgan fingerprint density at radius 1 is 1.29 bits per heavy atom. The summed E-state index contributed by atoms with van der Waals surface area (Å²) >= 11 is 0. The van der Waals surface area contributed by atoms with E-state index in [-0.39, 0.29) is 11.3 Å². The molecule has 21 heavy (non-hydrogen) atoms. The minimum absolute atomic E-state index is 0.102. The van der Waals surface area contributed by atoms with Crippen LogP contribution in [0.5, 0.6) is 0 Å². The summed E-state index contributed by atoms with van der Waals surface area (Å²) in [6.07, 6.45) is -4.20. The fourth-order valence-electron chi connectivity index (χ4n) is 1.60. The first kappa shape index (κ1) is 16.9. The van der Waals surface area contributed by atoms with Gasteiger partial charge in [-0.1, -0.05) is 0 Å². The molecule has 5 nitrogen and oxygen atoms in total. The fraction of sp³-hybridized carbons (Fsp3) is 0.462. The van der Waals surface area contributed by atoms with Gasteiger partial charge in [0.25, 0.3) is 11.7 Å². The molecule has 0 aliphatic carbocycles. The van der Waals surface area contributed by atoms with Gasteiger partial charge in [0, 0.05) is 18.3 Å². The maximum Gasteiger partial charge on any atom is 0.410 e. The molecule has 0 saturated carbocycles. The van der Waals surface area contributed by atoms with Crippen LogP contribution in [0.3, 0.4) is 0 Å². The van der Waals surface area contributed by atoms with Crippen molar-refractivity contribution in [2.45, 2.75) is 32.5 Å². The van der Waals surface area contributed by atoms with Gasteiger partial charge in [0.15, 0.2) is 6.29 Å². The predicted octanol–water partition coefficient (Wildman–Crippen LogP) is 1.79. The molecular formula is C13H15F3N2O3. The zero-order valence-corrected chi connectivity index (χ0v) is 12.0. The zero-order chi connectivity index (χ0) is 16.6. The molecule has 0 aliphatic heterocycles. The summed E-state index contributed by atoms with van der Waals surface area (Å²) in [4.78, 5) is 34.4. The lowest BCUT2D eigenvalue weighted by molar-refractivity contribution is -0.187. The van der Waals surface area contributed by atoms with E-state index in [2.05, 4.69) is 0 Å². The van der Waals surface area contributed by atoms with E-state index in [0.29, 0.717) is 12.0 Å². The third-order valence-corrected chi connectivity index (χ3v) is 3.28. The molecule has 0 fully saturated rings. The molecule has 0 radical (unpaired) electrons. The van der Waals surface area contributed by atoms with Crippen LogP contribution in [0, 0.1) is 6.92 Å². The van der Waals surface area contributed by atoms with Crippen molar-refractivity contribution in [2.75, 3.05) is 0 Å². The van der Waals surface area contributed by atoms with Crippen molar-refractivity contribution in [3.8, 4) is 0 Å². The smallest absolute Gasteiger partial charge is 0.345 e. The lowest BCUT2D eigenvalue weighted by atomic mass is 10.0. The molecule has 0 bridgehead atoms. The summed E-state index contributed by atoms with van der Waals surface area (Å²) in [6.45, 7) is 3.00. The number of carbonyl (C=O) groups excluding carboxylic acids is 3. The van der Waals surface area contributed by atoms with E-state index in [1.54, 1.807) is 5.32 Å². The van der Waals surface area contributed by atoms with Crippen LogP contribution in [0.4, 0.5) is 13.2 Å². The molecule has 8 heteroatoms. The van der Waals surface area contributed by atoms with Gasteiger partial charge in [-0.3, -0.25) is 14.4 Å². The van der Waals surface area contributed by atoms with Gasteiger partial charge in [0.2, 0.25) is 0 Å². The average molecular weight is 304 g/mol. The SMILES string of the molecule is Cc1c(C(=O)C(=O)NC(C)(C)C(F)(F)F)cc(C=O)n1C. The summed E-state index contributed by atoms with van der Waals surface area (Å²) < 4.78 is 39.4. The molecule has 1 heterocycles. The summed E-state index contributed by atoms with van der Waals surface area (Å²) in [5.74, 6) is -2.49. The Bertz CT molecular complexity index is 601. The maximum atomic E-state index is 12.7. The third kappa shape index (κ3) is 3.14. The minimum Gasteiger partial charge on any atom is -0.345 e. The van der Waals surface area contributed by atoms with Gasteiger partial charge >= 0.3 is 6.18 Å². The summed E-state index contributed by atoms with van der Waals surface area (Å²) in [5.41, 5.74) is -2.16. The summed E-state index contributed by atoms with van der Waals surface area (Å²) in [6, 6.07) is 1.17. The topological polar surface area (TPSA) is 68.2 Å². The highest BCUT2D eigenvalue weighted by Crippen LogP contribution is 2.29. The van der Waals surface area contributed by atoms with Gasteiger partial charge in [0.1, 0.15) is 5.54 Å². The highest BCUT2D eigenvalue weighted by molar-refractivity contribution is 6.43. The van der Waals surface area contributed by atoms with Crippen molar-refractivity contribution >= 4 is 18.0 Å². The molecular weight excluding hydrogens is 289 g/mol. The standard InChI is InChI=1S/C13H15F3N2O3/c1-7-9(5-8(6-19)18(7)4)10(20)11(21)17-12(2,3)13(14,15)16/h5-6H,1-4H3,(H,17,21). The van der Waals surface area contributed by atoms with E-state index < -0.39 is 23.4 Å². The first-order valence-electron chi connectivity index (χ1n) is 5.97. The minimum atomic E-state index is -4.69. The monoisotopic (exact) mass is 304 g/mol. The molecule has 0 aromatic carbocycles. The van der Waals surface area contributed by atoms with E-state index >= 15 is 0 Å². The van der Waals surface area contributed by atoms with Crippen LogP contribution < -0.4 is 5.32 Å². The highest BCUT2D eigenvalue weighted by atomic mass is 19.4. The highest BCUT2D eigenvalue weighted by Gasteiger charge is 2.49. The van der Waals surface area contributed by atoms with Crippen molar-refractivity contribution < 1.29 is 27.6 Å². The second kappa shape index (κ2) is 5.34. The number of alkyl halides is 3. The van der Waals surface area contributed by atoms with Gasteiger partial charge in [-0.15, -0.1) is 0 Å². The van der Waals surface area contributed by atoms with E-state index in [9.17, 15) is 27.6 Å². The van der Waals surface area contributed by atoms with Crippen LogP contribution in [0.15, 0.2) is 6.07 Å². The fourth-order valence-corrected chi connectivity index (χ4v) is 1.60. The number of aldehydes is 1. The largest absolute Gasteiger partial charge is 0.410 e. The number of carbonyl (C=O) groups is 3. The zero-order valence-electron chi connectivity index (χ0n) is 12.0. The van der Waals surface area contributed by atoms with Crippen LogP contribution in [0.2, 0.25) is 0 Å². The molecule has 0 atom stereocenters. The summed E-state index contributed by atoms with van der Waals surface area (Å²) in [7, 11) is 1.51. The number of hydrogen-bond donors (Lipinski definition) is 1. The Morgan fingerprint density at radius 3 is 2.19 bits per heavy atom. The van der Waals surface area contributed by atoms with Gasteiger partial charge in [-0.25, -0.2) is 0 Å². The van der Waals surface area contributed by atoms with Crippen LogP contribution in [-0.4, -0.2) is 34.3 Å². The molecule has 1 aromatic rings. The Morgan fingerprint density at radius 2 is 1.81 bits per heavy atom. The molecule has 116 valence electrons. The van der Waals surface area contributed by atoms with Crippen molar-refractivity contribution in [1.29, 1.82) is 0 Å². The number of amides is 1. The van der Waals surface area contributed by atoms with Gasteiger partial charge < -0.3 is 9.88 Å². The quantitative estimate of drug-likeness (QED) is 0.524. The second-order valence-electron chi connectivity index (χ2n) is 5.15. The predicted molar refractivity (Wildman–Crippen MR) is 68.1 cm³/mol. The van der Waals surface area contributed by atoms with E-state index in [1.165, 1.54) is 24.6 Å². The Balaban J connectivity index is 3.05. The second-order valence-corrected chi connectivity index (χ2v) is 5.15. The van der Waals surface area contributed by atoms with Crippen molar-refractivity contribution in [3.63, 3.8) is 0 Å². The summed E-state index contributed by atoms with van der Waals surface area (Å²) in [5, 5.41) is 1.66. The number of nitrogens with zero attached hydrogens (tertiary/aromatic N) is 1. The van der Waals surface area contributed by atoms with Gasteiger partial charge in [0.05, 0.1) is 5.69 Å². The van der Waals surface area contributed by atoms with Gasteiger partial charge in [-0.05, 0) is 26.8 Å². The Kier molecular flexibility index (Phi) is 4.31. The average Bonchev–Trinajstić information content (AvgIpc) is 2.63. The first-order valence-corrected chi connectivity index (χ1v) is 5.97. The normalized spacial score (nSPS) is 12.1. The molecule has 0 aliphatic rings. The first-order chi connectivity index (χ1) is 9.42. The third-order valence-electron chi connectivity index (χ3n) is 3.28. The number of rotatable bonds is 4. The van der Waals surface area contributed by atoms with Crippen molar-refractivity contribution in [3.05, 3.63) is 23.0 Å². The van der Waals surface area contributed by atoms with E-state index in [4.69, 9.17) is 0 Å². The van der Waals surface area contributed by atoms with Gasteiger partial charge in [-0.2, -0.15) is 13.2 Å². The maximum absolute atomic E-state index is 12.7. The van der Waals surface area contributed by atoms with E-state index in [1.807, 2.05) is 0 Å². The number of Topliss-reactive ketones (excluding diaryl/α,β-unsaturated/α-hetero) is 1. The number of aromatic nitrogens is 1. The molecule has 1 amide bonds. The molecule has 1 rings (SSSR count). The molecule has 1 aromatic heterocycles. The van der Waals surface area contributed by atoms with Crippen LogP contribution >= 0.6 is 0 Å². The molecule has 0 spiro atoms. The number of halogens is 3. The Labute approximate surface area is 119 Å². The van der Waals surface area contributed by atoms with Crippen LogP contribution in [0.25, 0.3) is 0 Å². The van der Waals surface area contributed by atoms with Crippen molar-refractivity contribution in [1.82, 2.24) is 9.88 Å². The van der Waals surface area contributed by atoms with Crippen LogP contribution in [-0.2, 0) is 11.8 Å². The number of nitrogens with one attached hydrogen (secondary N) is 1. The number of hydrogen-bond acceptors (Lipinski definition) is 3. The Hall–Kier alpha value is -2.12. The molecule has 0 unspecified atom stereocenters. The van der Waals surface area contributed by atoms with E-state index in [0.717, 1.165) is 13.8 Å². The molecule has 1 N–H and O–H groups in total. The lowest BCUT2D eigenvalue weighted by Gasteiger charge is -2.28.